The van der Waals surface area contributed by atoms with E-state index in [9.17, 15) is 18.8 Å². The molecule has 8 heteroatoms. The Bertz CT molecular complexity index is 989. The van der Waals surface area contributed by atoms with Crippen molar-refractivity contribution in [2.75, 3.05) is 6.54 Å². The Morgan fingerprint density at radius 2 is 2.04 bits per heavy atom. The molecule has 3 rings (SSSR count). The van der Waals surface area contributed by atoms with Crippen molar-refractivity contribution in [1.29, 1.82) is 0 Å². The monoisotopic (exact) mass is 333 g/mol. The standard InChI is InChI=1S/C15H12FN3O3S/c16-10-4-2-1-3-9(10)13(20)17-6-7-19-14(21)12-11(5-8-23-12)18-15(19)22/h1-5,8H,6-7H2,(H,17,20)(H,18,22). The fraction of sp³-hybridized carbons (Fsp3) is 0.133. The zero-order valence-electron chi connectivity index (χ0n) is 11.8. The van der Waals surface area contributed by atoms with Crippen LogP contribution >= 0.6 is 11.3 Å². The fourth-order valence-electron chi connectivity index (χ4n) is 2.20. The van der Waals surface area contributed by atoms with Crippen LogP contribution in [0, 0.1) is 5.82 Å². The van der Waals surface area contributed by atoms with E-state index in [0.717, 1.165) is 4.57 Å². The molecule has 23 heavy (non-hydrogen) atoms. The van der Waals surface area contributed by atoms with E-state index in [1.165, 1.54) is 29.5 Å². The first-order chi connectivity index (χ1) is 11.1. The lowest BCUT2D eigenvalue weighted by atomic mass is 10.2. The molecular formula is C15H12FN3O3S. The van der Waals surface area contributed by atoms with E-state index in [0.29, 0.717) is 10.2 Å². The van der Waals surface area contributed by atoms with Gasteiger partial charge in [-0.15, -0.1) is 11.3 Å². The number of hydrogen-bond donors (Lipinski definition) is 2. The van der Waals surface area contributed by atoms with E-state index in [1.54, 1.807) is 17.5 Å². The Balaban J connectivity index is 1.74. The van der Waals surface area contributed by atoms with Gasteiger partial charge in [0.1, 0.15) is 10.5 Å². The molecule has 0 bridgehead atoms. The molecule has 1 aromatic carbocycles. The molecule has 0 aliphatic carbocycles. The molecular weight excluding hydrogens is 321 g/mol. The third-order valence-corrected chi connectivity index (χ3v) is 4.23. The fourth-order valence-corrected chi connectivity index (χ4v) is 2.99. The molecule has 0 radical (unpaired) electrons. The Morgan fingerprint density at radius 3 is 2.83 bits per heavy atom. The van der Waals surface area contributed by atoms with Crippen LogP contribution in [0.1, 0.15) is 10.4 Å². The van der Waals surface area contributed by atoms with Gasteiger partial charge in [-0.3, -0.25) is 14.2 Å². The summed E-state index contributed by atoms with van der Waals surface area (Å²) >= 11 is 1.23. The number of H-pyrrole nitrogens is 1. The lowest BCUT2D eigenvalue weighted by Gasteiger charge is -2.07. The highest BCUT2D eigenvalue weighted by Gasteiger charge is 2.12. The summed E-state index contributed by atoms with van der Waals surface area (Å²) in [5.74, 6) is -1.22. The minimum atomic E-state index is -0.625. The summed E-state index contributed by atoms with van der Waals surface area (Å²) in [6.45, 7) is 0.0369. The number of benzene rings is 1. The van der Waals surface area contributed by atoms with Crippen LogP contribution < -0.4 is 16.6 Å². The summed E-state index contributed by atoms with van der Waals surface area (Å²) in [7, 11) is 0. The van der Waals surface area contributed by atoms with Gasteiger partial charge < -0.3 is 10.3 Å². The molecule has 1 amide bonds. The zero-order chi connectivity index (χ0) is 16.4. The van der Waals surface area contributed by atoms with Gasteiger partial charge in [-0.05, 0) is 23.6 Å². The van der Waals surface area contributed by atoms with E-state index >= 15 is 0 Å². The molecule has 0 saturated carbocycles. The van der Waals surface area contributed by atoms with Gasteiger partial charge in [0.25, 0.3) is 11.5 Å². The molecule has 0 atom stereocenters. The average molecular weight is 333 g/mol. The number of aromatic amines is 1. The van der Waals surface area contributed by atoms with E-state index < -0.39 is 23.0 Å². The van der Waals surface area contributed by atoms with E-state index in [1.807, 2.05) is 0 Å². The van der Waals surface area contributed by atoms with Crippen LogP contribution in [-0.2, 0) is 6.54 Å². The van der Waals surface area contributed by atoms with Gasteiger partial charge in [0, 0.05) is 13.1 Å². The number of halogens is 1. The van der Waals surface area contributed by atoms with Crippen molar-refractivity contribution in [2.45, 2.75) is 6.54 Å². The molecule has 0 spiro atoms. The van der Waals surface area contributed by atoms with Crippen molar-refractivity contribution < 1.29 is 9.18 Å². The van der Waals surface area contributed by atoms with Crippen molar-refractivity contribution in [3.05, 3.63) is 67.9 Å². The van der Waals surface area contributed by atoms with Crippen LogP contribution in [0.25, 0.3) is 10.2 Å². The average Bonchev–Trinajstić information content (AvgIpc) is 2.99. The largest absolute Gasteiger partial charge is 0.350 e. The lowest BCUT2D eigenvalue weighted by molar-refractivity contribution is 0.0948. The van der Waals surface area contributed by atoms with Gasteiger partial charge in [0.05, 0.1) is 11.1 Å². The SMILES string of the molecule is O=C(NCCn1c(=O)[nH]c2ccsc2c1=O)c1ccccc1F. The van der Waals surface area contributed by atoms with Gasteiger partial charge in [-0.25, -0.2) is 9.18 Å². The Hall–Kier alpha value is -2.74. The number of fused-ring (bicyclic) bond motifs is 1. The van der Waals surface area contributed by atoms with Crippen molar-refractivity contribution in [3.63, 3.8) is 0 Å². The summed E-state index contributed by atoms with van der Waals surface area (Å²) in [4.78, 5) is 38.6. The highest BCUT2D eigenvalue weighted by atomic mass is 32.1. The lowest BCUT2D eigenvalue weighted by Crippen LogP contribution is -2.38. The smallest absolute Gasteiger partial charge is 0.328 e. The third-order valence-electron chi connectivity index (χ3n) is 3.33. The highest BCUT2D eigenvalue weighted by Crippen LogP contribution is 2.11. The van der Waals surface area contributed by atoms with Crippen LogP contribution in [0.3, 0.4) is 0 Å². The second kappa shape index (κ2) is 6.17. The van der Waals surface area contributed by atoms with Crippen LogP contribution in [0.15, 0.2) is 45.3 Å². The van der Waals surface area contributed by atoms with Gasteiger partial charge in [-0.1, -0.05) is 12.1 Å². The number of hydrogen-bond acceptors (Lipinski definition) is 4. The normalized spacial score (nSPS) is 10.8. The van der Waals surface area contributed by atoms with Gasteiger partial charge in [-0.2, -0.15) is 0 Å². The number of amides is 1. The summed E-state index contributed by atoms with van der Waals surface area (Å²) in [6, 6.07) is 7.25. The number of carbonyl (C=O) groups excluding carboxylic acids is 1. The van der Waals surface area contributed by atoms with Crippen LogP contribution in [0.2, 0.25) is 0 Å². The van der Waals surface area contributed by atoms with Crippen molar-refractivity contribution in [1.82, 2.24) is 14.9 Å². The molecule has 118 valence electrons. The zero-order valence-corrected chi connectivity index (χ0v) is 12.7. The highest BCUT2D eigenvalue weighted by molar-refractivity contribution is 7.17. The van der Waals surface area contributed by atoms with Crippen molar-refractivity contribution in [3.8, 4) is 0 Å². The number of nitrogens with one attached hydrogen (secondary N) is 2. The predicted molar refractivity (Wildman–Crippen MR) is 85.4 cm³/mol. The topological polar surface area (TPSA) is 84.0 Å². The maximum absolute atomic E-state index is 13.5. The molecule has 2 heterocycles. The third kappa shape index (κ3) is 2.93. The maximum Gasteiger partial charge on any atom is 0.328 e. The van der Waals surface area contributed by atoms with E-state index in [-0.39, 0.29) is 18.7 Å². The first kappa shape index (κ1) is 15.2. The number of rotatable bonds is 4. The van der Waals surface area contributed by atoms with Gasteiger partial charge in [0.15, 0.2) is 0 Å². The van der Waals surface area contributed by atoms with Crippen LogP contribution in [0.4, 0.5) is 4.39 Å². The molecule has 2 N–H and O–H groups in total. The predicted octanol–water partition coefficient (Wildman–Crippen LogP) is 1.32. The van der Waals surface area contributed by atoms with Crippen LogP contribution in [-0.4, -0.2) is 22.0 Å². The Morgan fingerprint density at radius 1 is 1.26 bits per heavy atom. The number of nitrogens with zero attached hydrogens (tertiary/aromatic N) is 1. The number of aromatic nitrogens is 2. The molecule has 6 nitrogen and oxygen atoms in total. The summed E-state index contributed by atoms with van der Waals surface area (Å²) < 4.78 is 15.0. The quantitative estimate of drug-likeness (QED) is 0.755. The number of thiophene rings is 1. The van der Waals surface area contributed by atoms with Crippen LogP contribution in [0.5, 0.6) is 0 Å². The summed E-state index contributed by atoms with van der Waals surface area (Å²) in [6.07, 6.45) is 0. The number of carbonyl (C=O) groups is 1. The first-order valence-corrected chi connectivity index (χ1v) is 7.69. The first-order valence-electron chi connectivity index (χ1n) is 6.81. The maximum atomic E-state index is 13.5. The second-order valence-electron chi connectivity index (χ2n) is 4.79. The van der Waals surface area contributed by atoms with Crippen molar-refractivity contribution in [2.24, 2.45) is 0 Å². The molecule has 0 fully saturated rings. The second-order valence-corrected chi connectivity index (χ2v) is 5.70. The Labute approximate surface area is 133 Å². The molecule has 0 saturated heterocycles. The molecule has 2 aromatic heterocycles. The summed E-state index contributed by atoms with van der Waals surface area (Å²) in [5, 5.41) is 4.21. The summed E-state index contributed by atoms with van der Waals surface area (Å²) in [5.41, 5.74) is -0.529. The van der Waals surface area contributed by atoms with Crippen molar-refractivity contribution >= 4 is 27.5 Å². The van der Waals surface area contributed by atoms with E-state index in [4.69, 9.17) is 0 Å². The van der Waals surface area contributed by atoms with E-state index in [2.05, 4.69) is 10.3 Å². The molecule has 0 aliphatic heterocycles. The minimum absolute atomic E-state index is 0.00218. The Kier molecular flexibility index (Phi) is 4.07. The van der Waals surface area contributed by atoms with Gasteiger partial charge >= 0.3 is 5.69 Å². The minimum Gasteiger partial charge on any atom is -0.350 e. The molecule has 3 aromatic rings. The molecule has 0 aliphatic rings. The van der Waals surface area contributed by atoms with Gasteiger partial charge in [0.2, 0.25) is 0 Å². The molecule has 0 unspecified atom stereocenters.